The summed E-state index contributed by atoms with van der Waals surface area (Å²) in [5, 5.41) is 7.11. The summed E-state index contributed by atoms with van der Waals surface area (Å²) in [5.41, 5.74) is 2.82. The number of hydrogen-bond acceptors (Lipinski definition) is 6. The Morgan fingerprint density at radius 1 is 1.12 bits per heavy atom. The zero-order valence-electron chi connectivity index (χ0n) is 14.9. The number of anilines is 1. The summed E-state index contributed by atoms with van der Waals surface area (Å²) in [4.78, 5) is 4.65. The predicted molar refractivity (Wildman–Crippen MR) is 101 cm³/mol. The Labute approximate surface area is 153 Å². The molecule has 0 radical (unpaired) electrons. The maximum atomic E-state index is 11.6. The SMILES string of the molecule is CC(C)c1ccc(-c2noc(CNc3cccc(S(C)(=O)=O)c3)n2)cc1. The van der Waals surface area contributed by atoms with E-state index in [4.69, 9.17) is 4.52 Å². The van der Waals surface area contributed by atoms with E-state index in [1.807, 2.05) is 12.1 Å². The average Bonchev–Trinajstić information content (AvgIpc) is 3.08. The van der Waals surface area contributed by atoms with E-state index in [-0.39, 0.29) is 4.90 Å². The predicted octanol–water partition coefficient (Wildman–Crippen LogP) is 3.88. The lowest BCUT2D eigenvalue weighted by Crippen LogP contribution is -2.02. The normalized spacial score (nSPS) is 11.7. The molecule has 3 aromatic rings. The lowest BCUT2D eigenvalue weighted by atomic mass is 10.0. The van der Waals surface area contributed by atoms with Gasteiger partial charge in [0.2, 0.25) is 11.7 Å². The molecule has 7 heteroatoms. The molecular formula is C19H21N3O3S. The van der Waals surface area contributed by atoms with Gasteiger partial charge in [-0.25, -0.2) is 8.42 Å². The molecule has 2 aromatic carbocycles. The third-order valence-corrected chi connectivity index (χ3v) is 5.12. The topological polar surface area (TPSA) is 85.1 Å². The number of nitrogens with zero attached hydrogens (tertiary/aromatic N) is 2. The molecule has 0 aliphatic rings. The lowest BCUT2D eigenvalue weighted by molar-refractivity contribution is 0.384. The summed E-state index contributed by atoms with van der Waals surface area (Å²) in [6, 6.07) is 14.7. The minimum absolute atomic E-state index is 0.263. The molecule has 0 saturated heterocycles. The second-order valence-corrected chi connectivity index (χ2v) is 8.46. The van der Waals surface area contributed by atoms with Crippen LogP contribution in [0.5, 0.6) is 0 Å². The second kappa shape index (κ2) is 7.29. The second-order valence-electron chi connectivity index (χ2n) is 6.44. The fraction of sp³-hybridized carbons (Fsp3) is 0.263. The smallest absolute Gasteiger partial charge is 0.246 e. The van der Waals surface area contributed by atoms with Gasteiger partial charge in [0.1, 0.15) is 0 Å². The number of sulfone groups is 1. The van der Waals surface area contributed by atoms with Crippen LogP contribution in [0.2, 0.25) is 0 Å². The Kier molecular flexibility index (Phi) is 5.08. The zero-order chi connectivity index (χ0) is 18.7. The van der Waals surface area contributed by atoms with E-state index < -0.39 is 9.84 Å². The summed E-state index contributed by atoms with van der Waals surface area (Å²) >= 11 is 0. The fourth-order valence-electron chi connectivity index (χ4n) is 2.48. The lowest BCUT2D eigenvalue weighted by Gasteiger charge is -2.05. The summed E-state index contributed by atoms with van der Waals surface area (Å²) in [7, 11) is -3.24. The van der Waals surface area contributed by atoms with Gasteiger partial charge in [-0.1, -0.05) is 49.3 Å². The molecule has 0 saturated carbocycles. The summed E-state index contributed by atoms with van der Waals surface area (Å²) in [6.45, 7) is 4.60. The van der Waals surface area contributed by atoms with Gasteiger partial charge in [-0.2, -0.15) is 4.98 Å². The first kappa shape index (κ1) is 18.1. The van der Waals surface area contributed by atoms with Crippen molar-refractivity contribution in [1.29, 1.82) is 0 Å². The van der Waals surface area contributed by atoms with Gasteiger partial charge in [-0.15, -0.1) is 0 Å². The number of benzene rings is 2. The van der Waals surface area contributed by atoms with Gasteiger partial charge in [0.25, 0.3) is 0 Å². The van der Waals surface area contributed by atoms with E-state index in [1.54, 1.807) is 24.3 Å². The minimum atomic E-state index is -3.24. The van der Waals surface area contributed by atoms with Crippen LogP contribution in [0.4, 0.5) is 5.69 Å². The third kappa shape index (κ3) is 4.29. The van der Waals surface area contributed by atoms with E-state index in [1.165, 1.54) is 11.8 Å². The van der Waals surface area contributed by atoms with Crippen molar-refractivity contribution >= 4 is 15.5 Å². The third-order valence-electron chi connectivity index (χ3n) is 4.01. The van der Waals surface area contributed by atoms with Crippen molar-refractivity contribution in [3.8, 4) is 11.4 Å². The number of aromatic nitrogens is 2. The largest absolute Gasteiger partial charge is 0.376 e. The van der Waals surface area contributed by atoms with Crippen molar-refractivity contribution in [2.75, 3.05) is 11.6 Å². The molecule has 1 heterocycles. The van der Waals surface area contributed by atoms with Gasteiger partial charge >= 0.3 is 0 Å². The van der Waals surface area contributed by atoms with Crippen LogP contribution >= 0.6 is 0 Å². The summed E-state index contributed by atoms with van der Waals surface area (Å²) < 4.78 is 28.5. The van der Waals surface area contributed by atoms with Crippen LogP contribution in [0, 0.1) is 0 Å². The van der Waals surface area contributed by atoms with E-state index in [9.17, 15) is 8.42 Å². The highest BCUT2D eigenvalue weighted by Gasteiger charge is 2.10. The molecule has 3 rings (SSSR count). The van der Waals surface area contributed by atoms with Crippen LogP contribution < -0.4 is 5.32 Å². The molecule has 0 aliphatic carbocycles. The van der Waals surface area contributed by atoms with Crippen LogP contribution in [0.3, 0.4) is 0 Å². The maximum absolute atomic E-state index is 11.6. The van der Waals surface area contributed by atoms with Crippen LogP contribution in [-0.2, 0) is 16.4 Å². The van der Waals surface area contributed by atoms with Gasteiger partial charge in [-0.3, -0.25) is 0 Å². The van der Waals surface area contributed by atoms with Crippen LogP contribution in [0.1, 0.15) is 31.2 Å². The Morgan fingerprint density at radius 3 is 2.50 bits per heavy atom. The first-order chi connectivity index (χ1) is 12.3. The number of rotatable bonds is 6. The molecule has 136 valence electrons. The van der Waals surface area contributed by atoms with Crippen molar-refractivity contribution in [3.63, 3.8) is 0 Å². The Balaban J connectivity index is 1.69. The van der Waals surface area contributed by atoms with Crippen molar-refractivity contribution in [2.24, 2.45) is 0 Å². The van der Waals surface area contributed by atoms with Crippen molar-refractivity contribution < 1.29 is 12.9 Å². The molecule has 0 unspecified atom stereocenters. The van der Waals surface area contributed by atoms with E-state index >= 15 is 0 Å². The summed E-state index contributed by atoms with van der Waals surface area (Å²) in [6.07, 6.45) is 1.18. The van der Waals surface area contributed by atoms with Gasteiger partial charge in [0, 0.05) is 17.5 Å². The number of nitrogens with one attached hydrogen (secondary N) is 1. The molecule has 26 heavy (non-hydrogen) atoms. The molecule has 0 bridgehead atoms. The van der Waals surface area contributed by atoms with Gasteiger partial charge < -0.3 is 9.84 Å². The van der Waals surface area contributed by atoms with E-state index in [2.05, 4.69) is 41.4 Å². The minimum Gasteiger partial charge on any atom is -0.376 e. The standard InChI is InChI=1S/C19H21N3O3S/c1-13(2)14-7-9-15(10-8-14)19-21-18(25-22-19)12-20-16-5-4-6-17(11-16)26(3,23)24/h4-11,13,20H,12H2,1-3H3. The molecule has 0 fully saturated rings. The Bertz CT molecular complexity index is 993. The molecule has 1 N–H and O–H groups in total. The van der Waals surface area contributed by atoms with E-state index in [0.29, 0.717) is 29.9 Å². The van der Waals surface area contributed by atoms with Crippen LogP contribution in [0.25, 0.3) is 11.4 Å². The maximum Gasteiger partial charge on any atom is 0.246 e. The average molecular weight is 371 g/mol. The fourth-order valence-corrected chi connectivity index (χ4v) is 3.14. The van der Waals surface area contributed by atoms with Crippen molar-refractivity contribution in [2.45, 2.75) is 31.2 Å². The number of hydrogen-bond donors (Lipinski definition) is 1. The first-order valence-electron chi connectivity index (χ1n) is 8.30. The van der Waals surface area contributed by atoms with Gasteiger partial charge in [-0.05, 0) is 29.7 Å². The molecule has 0 aliphatic heterocycles. The highest BCUT2D eigenvalue weighted by molar-refractivity contribution is 7.90. The van der Waals surface area contributed by atoms with Crippen LogP contribution in [-0.4, -0.2) is 24.8 Å². The Hall–Kier alpha value is -2.67. The molecule has 0 amide bonds. The highest BCUT2D eigenvalue weighted by Crippen LogP contribution is 2.21. The zero-order valence-corrected chi connectivity index (χ0v) is 15.7. The first-order valence-corrected chi connectivity index (χ1v) is 10.2. The molecule has 6 nitrogen and oxygen atoms in total. The quantitative estimate of drug-likeness (QED) is 0.708. The van der Waals surface area contributed by atoms with Crippen molar-refractivity contribution in [1.82, 2.24) is 10.1 Å². The molecule has 0 spiro atoms. The van der Waals surface area contributed by atoms with Gasteiger partial charge in [0.15, 0.2) is 9.84 Å². The Morgan fingerprint density at radius 2 is 1.85 bits per heavy atom. The van der Waals surface area contributed by atoms with E-state index in [0.717, 1.165) is 5.56 Å². The van der Waals surface area contributed by atoms with Gasteiger partial charge in [0.05, 0.1) is 11.4 Å². The molecular weight excluding hydrogens is 350 g/mol. The highest BCUT2D eigenvalue weighted by atomic mass is 32.2. The summed E-state index contributed by atoms with van der Waals surface area (Å²) in [5.74, 6) is 1.43. The molecule has 0 atom stereocenters. The monoisotopic (exact) mass is 371 g/mol. The van der Waals surface area contributed by atoms with Crippen LogP contribution in [0.15, 0.2) is 57.9 Å². The van der Waals surface area contributed by atoms with Crippen molar-refractivity contribution in [3.05, 3.63) is 60.0 Å². The molecule has 1 aromatic heterocycles.